The molecule has 0 radical (unpaired) electrons. The van der Waals surface area contributed by atoms with Gasteiger partial charge in [-0.2, -0.15) is 0 Å². The first-order valence-corrected chi connectivity index (χ1v) is 6.27. The second-order valence-corrected chi connectivity index (χ2v) is 4.83. The zero-order valence-electron chi connectivity index (χ0n) is 10.6. The highest BCUT2D eigenvalue weighted by molar-refractivity contribution is 6.33. The fourth-order valence-corrected chi connectivity index (χ4v) is 2.03. The number of benzene rings is 1. The molecule has 0 unspecified atom stereocenters. The predicted octanol–water partition coefficient (Wildman–Crippen LogP) is 3.11. The number of nitrogens with two attached hydrogens (primary N) is 1. The number of nitrogen functional groups attached to an aromatic ring is 1. The van der Waals surface area contributed by atoms with E-state index in [-0.39, 0.29) is 0 Å². The van der Waals surface area contributed by atoms with E-state index in [9.17, 15) is 0 Å². The molecule has 4 heteroatoms. The van der Waals surface area contributed by atoms with Crippen molar-refractivity contribution in [2.45, 2.75) is 26.7 Å². The molecule has 0 fully saturated rings. The van der Waals surface area contributed by atoms with Gasteiger partial charge in [-0.3, -0.25) is 0 Å². The normalized spacial score (nSPS) is 10.6. The fourth-order valence-electron chi connectivity index (χ4n) is 1.92. The minimum atomic E-state index is 0.599. The molecule has 2 aromatic rings. The summed E-state index contributed by atoms with van der Waals surface area (Å²) in [7, 11) is 0. The van der Waals surface area contributed by atoms with E-state index in [1.165, 1.54) is 0 Å². The second-order valence-electron chi connectivity index (χ2n) is 4.42. The largest absolute Gasteiger partial charge is 0.398 e. The number of aryl methyl sites for hydroxylation is 4. The number of halogens is 1. The van der Waals surface area contributed by atoms with Crippen LogP contribution in [-0.4, -0.2) is 9.97 Å². The lowest BCUT2D eigenvalue weighted by molar-refractivity contribution is 0.834. The Hall–Kier alpha value is -1.61. The van der Waals surface area contributed by atoms with Gasteiger partial charge in [0, 0.05) is 17.8 Å². The first kappa shape index (κ1) is 12.8. The molecule has 2 rings (SSSR count). The average Bonchev–Trinajstić information content (AvgIpc) is 2.29. The Morgan fingerprint density at radius 3 is 2.33 bits per heavy atom. The molecule has 0 aliphatic rings. The summed E-state index contributed by atoms with van der Waals surface area (Å²) in [6.45, 7) is 3.97. The lowest BCUT2D eigenvalue weighted by Gasteiger charge is -2.05. The highest BCUT2D eigenvalue weighted by Crippen LogP contribution is 2.20. The summed E-state index contributed by atoms with van der Waals surface area (Å²) < 4.78 is 0. The maximum atomic E-state index is 5.89. The van der Waals surface area contributed by atoms with Crippen LogP contribution in [0.25, 0.3) is 0 Å². The number of rotatable bonds is 3. The molecular formula is C14H16ClN3. The monoisotopic (exact) mass is 261 g/mol. The zero-order valence-corrected chi connectivity index (χ0v) is 11.3. The van der Waals surface area contributed by atoms with Crippen LogP contribution >= 0.6 is 11.6 Å². The molecular weight excluding hydrogens is 246 g/mol. The van der Waals surface area contributed by atoms with Gasteiger partial charge in [0.25, 0.3) is 0 Å². The fraction of sp³-hybridized carbons (Fsp3) is 0.286. The zero-order chi connectivity index (χ0) is 13.1. The summed E-state index contributed by atoms with van der Waals surface area (Å²) in [4.78, 5) is 8.84. The van der Waals surface area contributed by atoms with Gasteiger partial charge in [-0.15, -0.1) is 0 Å². The summed E-state index contributed by atoms with van der Waals surface area (Å²) in [5.41, 5.74) is 9.56. The van der Waals surface area contributed by atoms with Crippen LogP contribution in [0.15, 0.2) is 24.3 Å². The van der Waals surface area contributed by atoms with E-state index < -0.39 is 0 Å². The summed E-state index contributed by atoms with van der Waals surface area (Å²) >= 11 is 5.89. The van der Waals surface area contributed by atoms with Crippen molar-refractivity contribution in [3.8, 4) is 0 Å². The van der Waals surface area contributed by atoms with E-state index in [1.54, 1.807) is 0 Å². The van der Waals surface area contributed by atoms with Crippen LogP contribution in [0.4, 0.5) is 5.69 Å². The Bertz CT molecular complexity index is 547. The molecule has 0 aliphatic carbocycles. The quantitative estimate of drug-likeness (QED) is 0.864. The molecule has 94 valence electrons. The Labute approximate surface area is 112 Å². The van der Waals surface area contributed by atoms with Crippen molar-refractivity contribution in [3.05, 3.63) is 52.1 Å². The molecule has 1 aromatic carbocycles. The van der Waals surface area contributed by atoms with Crippen molar-refractivity contribution in [2.24, 2.45) is 0 Å². The first-order valence-electron chi connectivity index (χ1n) is 5.89. The average molecular weight is 262 g/mol. The number of nitrogens with zero attached hydrogens (tertiary/aromatic N) is 2. The van der Waals surface area contributed by atoms with Gasteiger partial charge in [0.1, 0.15) is 5.82 Å². The highest BCUT2D eigenvalue weighted by atomic mass is 35.5. The maximum Gasteiger partial charge on any atom is 0.129 e. The van der Waals surface area contributed by atoms with Crippen LogP contribution in [0.1, 0.15) is 22.8 Å². The minimum Gasteiger partial charge on any atom is -0.398 e. The molecule has 18 heavy (non-hydrogen) atoms. The van der Waals surface area contributed by atoms with Gasteiger partial charge in [0.15, 0.2) is 0 Å². The van der Waals surface area contributed by atoms with E-state index in [4.69, 9.17) is 17.3 Å². The van der Waals surface area contributed by atoms with Crippen molar-refractivity contribution in [1.29, 1.82) is 0 Å². The van der Waals surface area contributed by atoms with Gasteiger partial charge in [0.05, 0.1) is 10.7 Å². The molecule has 0 spiro atoms. The van der Waals surface area contributed by atoms with Gasteiger partial charge >= 0.3 is 0 Å². The van der Waals surface area contributed by atoms with Crippen molar-refractivity contribution >= 4 is 17.3 Å². The Morgan fingerprint density at radius 1 is 1.06 bits per heavy atom. The summed E-state index contributed by atoms with van der Waals surface area (Å²) in [6.07, 6.45) is 1.67. The van der Waals surface area contributed by atoms with Crippen LogP contribution in [-0.2, 0) is 12.8 Å². The number of hydrogen-bond acceptors (Lipinski definition) is 3. The Kier molecular flexibility index (Phi) is 3.82. The van der Waals surface area contributed by atoms with Crippen molar-refractivity contribution in [3.63, 3.8) is 0 Å². The van der Waals surface area contributed by atoms with Crippen LogP contribution in [0.2, 0.25) is 5.02 Å². The van der Waals surface area contributed by atoms with E-state index in [2.05, 4.69) is 9.97 Å². The van der Waals surface area contributed by atoms with Crippen LogP contribution in [0, 0.1) is 13.8 Å². The van der Waals surface area contributed by atoms with Crippen molar-refractivity contribution in [1.82, 2.24) is 9.97 Å². The van der Waals surface area contributed by atoms with Gasteiger partial charge in [0.2, 0.25) is 0 Å². The smallest absolute Gasteiger partial charge is 0.129 e. The van der Waals surface area contributed by atoms with Gasteiger partial charge in [-0.05, 0) is 44.0 Å². The SMILES string of the molecule is Cc1cc(C)nc(CCc2ccc(Cl)c(N)c2)n1. The standard InChI is InChI=1S/C14H16ClN3/c1-9-7-10(2)18-14(17-9)6-4-11-3-5-12(15)13(16)8-11/h3,5,7-8H,4,6,16H2,1-2H3. The Morgan fingerprint density at radius 2 is 1.72 bits per heavy atom. The highest BCUT2D eigenvalue weighted by Gasteiger charge is 2.02. The van der Waals surface area contributed by atoms with Crippen molar-refractivity contribution in [2.75, 3.05) is 5.73 Å². The topological polar surface area (TPSA) is 51.8 Å². The molecule has 2 N–H and O–H groups in total. The summed E-state index contributed by atoms with van der Waals surface area (Å²) in [5.74, 6) is 0.876. The third-order valence-electron chi connectivity index (χ3n) is 2.73. The molecule has 0 amide bonds. The van der Waals surface area contributed by atoms with Gasteiger partial charge in [-0.1, -0.05) is 17.7 Å². The maximum absolute atomic E-state index is 5.89. The molecule has 0 atom stereocenters. The first-order chi connectivity index (χ1) is 8.54. The van der Waals surface area contributed by atoms with E-state index in [1.807, 2.05) is 38.1 Å². The minimum absolute atomic E-state index is 0.599. The Balaban J connectivity index is 2.08. The van der Waals surface area contributed by atoms with Gasteiger partial charge < -0.3 is 5.73 Å². The molecule has 1 aromatic heterocycles. The lowest BCUT2D eigenvalue weighted by Crippen LogP contribution is -2.01. The van der Waals surface area contributed by atoms with Crippen LogP contribution in [0.5, 0.6) is 0 Å². The molecule has 1 heterocycles. The van der Waals surface area contributed by atoms with Crippen LogP contribution < -0.4 is 5.73 Å². The second kappa shape index (κ2) is 5.36. The third kappa shape index (κ3) is 3.20. The van der Waals surface area contributed by atoms with E-state index >= 15 is 0 Å². The molecule has 0 saturated heterocycles. The summed E-state index contributed by atoms with van der Waals surface area (Å²) in [6, 6.07) is 7.70. The van der Waals surface area contributed by atoms with E-state index in [0.717, 1.165) is 35.6 Å². The molecule has 0 aliphatic heterocycles. The number of aromatic nitrogens is 2. The third-order valence-corrected chi connectivity index (χ3v) is 3.07. The van der Waals surface area contributed by atoms with Crippen LogP contribution in [0.3, 0.4) is 0 Å². The molecule has 3 nitrogen and oxygen atoms in total. The number of hydrogen-bond donors (Lipinski definition) is 1. The molecule has 0 bridgehead atoms. The van der Waals surface area contributed by atoms with Gasteiger partial charge in [-0.25, -0.2) is 9.97 Å². The summed E-state index contributed by atoms with van der Waals surface area (Å²) in [5, 5.41) is 0.599. The molecule has 0 saturated carbocycles. The van der Waals surface area contributed by atoms with Crippen molar-refractivity contribution < 1.29 is 0 Å². The lowest BCUT2D eigenvalue weighted by atomic mass is 10.1. The number of anilines is 1. The van der Waals surface area contributed by atoms with E-state index in [0.29, 0.717) is 10.7 Å². The predicted molar refractivity (Wildman–Crippen MR) is 74.8 cm³/mol.